The molecule has 0 fully saturated rings. The third-order valence-corrected chi connectivity index (χ3v) is 3.27. The van der Waals surface area contributed by atoms with Gasteiger partial charge in [0.2, 0.25) is 5.91 Å². The van der Waals surface area contributed by atoms with Crippen LogP contribution in [0.2, 0.25) is 0 Å². The number of rotatable bonds is 6. The number of nitrogens with one attached hydrogen (secondary N) is 1. The van der Waals surface area contributed by atoms with E-state index in [2.05, 4.69) is 26.3 Å². The molecule has 5 nitrogen and oxygen atoms in total. The number of nitrogens with zero attached hydrogens (tertiary/aromatic N) is 2. The van der Waals surface area contributed by atoms with Gasteiger partial charge in [-0.2, -0.15) is 5.10 Å². The van der Waals surface area contributed by atoms with E-state index in [1.54, 1.807) is 23.1 Å². The maximum atomic E-state index is 11.7. The van der Waals surface area contributed by atoms with Crippen molar-refractivity contribution in [1.29, 1.82) is 0 Å². The molecule has 2 aromatic rings. The van der Waals surface area contributed by atoms with Crippen molar-refractivity contribution in [3.8, 4) is 5.75 Å². The van der Waals surface area contributed by atoms with E-state index < -0.39 is 0 Å². The molecule has 0 aliphatic rings. The molecule has 1 aromatic carbocycles. The Balaban J connectivity index is 1.76. The molecule has 1 aromatic heterocycles. The summed E-state index contributed by atoms with van der Waals surface area (Å²) >= 11 is 3.42. The Morgan fingerprint density at radius 3 is 2.95 bits per heavy atom. The van der Waals surface area contributed by atoms with Crippen molar-refractivity contribution in [2.75, 3.05) is 6.54 Å². The van der Waals surface area contributed by atoms with E-state index in [1.165, 1.54) is 0 Å². The second-order valence-electron chi connectivity index (χ2n) is 4.37. The topological polar surface area (TPSA) is 56.2 Å². The number of halogens is 1. The van der Waals surface area contributed by atoms with Crippen LogP contribution in [0.3, 0.4) is 0 Å². The Morgan fingerprint density at radius 2 is 2.25 bits per heavy atom. The lowest BCUT2D eigenvalue weighted by Crippen LogP contribution is -2.35. The minimum absolute atomic E-state index is 0.0868. The molecule has 0 spiro atoms. The number of aromatic nitrogens is 2. The van der Waals surface area contributed by atoms with Gasteiger partial charge in [0.05, 0.1) is 11.0 Å². The Hall–Kier alpha value is -1.82. The molecule has 1 N–H and O–H groups in total. The second kappa shape index (κ2) is 7.09. The van der Waals surface area contributed by atoms with Crippen LogP contribution in [-0.4, -0.2) is 28.3 Å². The Labute approximate surface area is 126 Å². The van der Waals surface area contributed by atoms with Crippen molar-refractivity contribution in [3.05, 3.63) is 47.2 Å². The van der Waals surface area contributed by atoms with Crippen LogP contribution >= 0.6 is 15.9 Å². The molecule has 1 amide bonds. The van der Waals surface area contributed by atoms with Gasteiger partial charge in [-0.15, -0.1) is 0 Å². The second-order valence-corrected chi connectivity index (χ2v) is 5.22. The third-order valence-electron chi connectivity index (χ3n) is 2.62. The van der Waals surface area contributed by atoms with Gasteiger partial charge in [0, 0.05) is 12.4 Å². The molecular formula is C14H16BrN3O2. The number of benzene rings is 1. The zero-order chi connectivity index (χ0) is 14.4. The smallest absolute Gasteiger partial charge is 0.241 e. The molecule has 0 aliphatic heterocycles. The highest BCUT2D eigenvalue weighted by molar-refractivity contribution is 9.10. The number of hydrogen-bond donors (Lipinski definition) is 1. The van der Waals surface area contributed by atoms with Crippen LogP contribution in [0, 0.1) is 0 Å². The molecule has 0 bridgehead atoms. The quantitative estimate of drug-likeness (QED) is 0.879. The summed E-state index contributed by atoms with van der Waals surface area (Å²) in [5, 5.41) is 6.80. The molecular weight excluding hydrogens is 322 g/mol. The number of hydrogen-bond acceptors (Lipinski definition) is 3. The lowest BCUT2D eigenvalue weighted by Gasteiger charge is -2.16. The molecule has 1 atom stereocenters. The fraction of sp³-hybridized carbons (Fsp3) is 0.286. The molecule has 0 aliphatic carbocycles. The van der Waals surface area contributed by atoms with Crippen LogP contribution in [0.1, 0.15) is 6.92 Å². The SMILES string of the molecule is C[C@H](CNC(=O)Cn1cccn1)Oc1ccccc1Br. The van der Waals surface area contributed by atoms with Crippen LogP contribution in [0.4, 0.5) is 0 Å². The van der Waals surface area contributed by atoms with Crippen molar-refractivity contribution in [2.45, 2.75) is 19.6 Å². The summed E-state index contributed by atoms with van der Waals surface area (Å²) in [7, 11) is 0. The average Bonchev–Trinajstić information content (AvgIpc) is 2.92. The van der Waals surface area contributed by atoms with E-state index in [0.717, 1.165) is 10.2 Å². The van der Waals surface area contributed by atoms with Crippen molar-refractivity contribution in [2.24, 2.45) is 0 Å². The van der Waals surface area contributed by atoms with E-state index in [9.17, 15) is 4.79 Å². The van der Waals surface area contributed by atoms with Crippen molar-refractivity contribution < 1.29 is 9.53 Å². The Bertz CT molecular complexity index is 557. The van der Waals surface area contributed by atoms with Gasteiger partial charge in [-0.05, 0) is 41.1 Å². The van der Waals surface area contributed by atoms with Crippen LogP contribution in [0.25, 0.3) is 0 Å². The van der Waals surface area contributed by atoms with Gasteiger partial charge >= 0.3 is 0 Å². The Kier molecular flexibility index (Phi) is 5.17. The summed E-state index contributed by atoms with van der Waals surface area (Å²) in [5.41, 5.74) is 0. The molecule has 6 heteroatoms. The number of ether oxygens (including phenoxy) is 1. The molecule has 0 radical (unpaired) electrons. The van der Waals surface area contributed by atoms with Crippen LogP contribution in [-0.2, 0) is 11.3 Å². The van der Waals surface area contributed by atoms with E-state index in [-0.39, 0.29) is 18.6 Å². The first-order chi connectivity index (χ1) is 9.65. The van der Waals surface area contributed by atoms with Gasteiger partial charge < -0.3 is 10.1 Å². The first-order valence-corrected chi connectivity index (χ1v) is 7.10. The largest absolute Gasteiger partial charge is 0.488 e. The van der Waals surface area contributed by atoms with E-state index in [4.69, 9.17) is 4.74 Å². The molecule has 1 heterocycles. The van der Waals surface area contributed by atoms with Crippen LogP contribution in [0.5, 0.6) is 5.75 Å². The highest BCUT2D eigenvalue weighted by Crippen LogP contribution is 2.24. The minimum Gasteiger partial charge on any atom is -0.488 e. The van der Waals surface area contributed by atoms with Gasteiger partial charge in [-0.25, -0.2) is 0 Å². The molecule has 0 saturated carbocycles. The van der Waals surface area contributed by atoms with Gasteiger partial charge in [0.15, 0.2) is 0 Å². The average molecular weight is 338 g/mol. The fourth-order valence-corrected chi connectivity index (χ4v) is 2.03. The number of para-hydroxylation sites is 1. The zero-order valence-corrected chi connectivity index (χ0v) is 12.7. The molecule has 0 unspecified atom stereocenters. The highest BCUT2D eigenvalue weighted by atomic mass is 79.9. The Morgan fingerprint density at radius 1 is 1.45 bits per heavy atom. The summed E-state index contributed by atoms with van der Waals surface area (Å²) in [5.74, 6) is 0.678. The lowest BCUT2D eigenvalue weighted by molar-refractivity contribution is -0.122. The monoisotopic (exact) mass is 337 g/mol. The predicted octanol–water partition coefficient (Wildman–Crippen LogP) is 2.23. The van der Waals surface area contributed by atoms with Crippen molar-refractivity contribution >= 4 is 21.8 Å². The normalized spacial score (nSPS) is 11.9. The lowest BCUT2D eigenvalue weighted by atomic mass is 10.3. The standard InChI is InChI=1S/C14H16BrN3O2/c1-11(20-13-6-3-2-5-12(13)15)9-16-14(19)10-18-8-4-7-17-18/h2-8,11H,9-10H2,1H3,(H,16,19)/t11-/m1/s1. The molecule has 106 valence electrons. The maximum absolute atomic E-state index is 11.7. The zero-order valence-electron chi connectivity index (χ0n) is 11.1. The number of carbonyl (C=O) groups excluding carboxylic acids is 1. The number of carbonyl (C=O) groups is 1. The maximum Gasteiger partial charge on any atom is 0.241 e. The van der Waals surface area contributed by atoms with Gasteiger partial charge in [0.1, 0.15) is 18.4 Å². The molecule has 0 saturated heterocycles. The summed E-state index contributed by atoms with van der Waals surface area (Å²) in [6.45, 7) is 2.57. The molecule has 20 heavy (non-hydrogen) atoms. The minimum atomic E-state index is -0.115. The van der Waals surface area contributed by atoms with Crippen LogP contribution < -0.4 is 10.1 Å². The highest BCUT2D eigenvalue weighted by Gasteiger charge is 2.09. The summed E-state index contributed by atoms with van der Waals surface area (Å²) < 4.78 is 8.22. The van der Waals surface area contributed by atoms with E-state index >= 15 is 0 Å². The number of amides is 1. The molecule has 2 rings (SSSR count). The van der Waals surface area contributed by atoms with Gasteiger partial charge in [0.25, 0.3) is 0 Å². The fourth-order valence-electron chi connectivity index (χ4n) is 1.65. The predicted molar refractivity (Wildman–Crippen MR) is 79.5 cm³/mol. The van der Waals surface area contributed by atoms with Crippen LogP contribution in [0.15, 0.2) is 47.2 Å². The van der Waals surface area contributed by atoms with Gasteiger partial charge in [-0.3, -0.25) is 9.48 Å². The first kappa shape index (κ1) is 14.6. The van der Waals surface area contributed by atoms with E-state index in [1.807, 2.05) is 31.2 Å². The van der Waals surface area contributed by atoms with Crippen molar-refractivity contribution in [3.63, 3.8) is 0 Å². The third kappa shape index (κ3) is 4.38. The summed E-state index contributed by atoms with van der Waals surface area (Å²) in [4.78, 5) is 11.7. The summed E-state index contributed by atoms with van der Waals surface area (Å²) in [6, 6.07) is 9.41. The van der Waals surface area contributed by atoms with Gasteiger partial charge in [-0.1, -0.05) is 12.1 Å². The van der Waals surface area contributed by atoms with E-state index in [0.29, 0.717) is 6.54 Å². The van der Waals surface area contributed by atoms with Crippen molar-refractivity contribution in [1.82, 2.24) is 15.1 Å². The first-order valence-electron chi connectivity index (χ1n) is 6.30. The summed E-state index contributed by atoms with van der Waals surface area (Å²) in [6.07, 6.45) is 3.28.